The van der Waals surface area contributed by atoms with E-state index in [2.05, 4.69) is 288 Å². The molecule has 0 N–H and O–H groups in total. The Morgan fingerprint density at radius 2 is 1.17 bits per heavy atom. The highest BCUT2D eigenvalue weighted by Crippen LogP contribution is 2.54. The predicted molar refractivity (Wildman–Crippen MR) is 325 cm³/mol. The van der Waals surface area contributed by atoms with E-state index < -0.39 is 0 Å². The smallest absolute Gasteiger partial charge is 0.137 e. The minimum atomic E-state index is -0.0909. The number of nitrogens with zero attached hydrogens (tertiary/aromatic N) is 6. The average molecular weight is 1010 g/mol. The van der Waals surface area contributed by atoms with Gasteiger partial charge in [-0.15, -0.1) is 0 Å². The lowest BCUT2D eigenvalue weighted by atomic mass is 9.88. The van der Waals surface area contributed by atoms with Crippen molar-refractivity contribution in [3.8, 4) is 67.5 Å². The molecule has 7 nitrogen and oxygen atoms in total. The van der Waals surface area contributed by atoms with Crippen molar-refractivity contribution in [1.29, 1.82) is 0 Å². The third-order valence-corrected chi connectivity index (χ3v) is 16.1. The number of hydrogen-bond acceptors (Lipinski definition) is 5. The van der Waals surface area contributed by atoms with Crippen molar-refractivity contribution in [1.82, 2.24) is 14.1 Å². The van der Waals surface area contributed by atoms with Gasteiger partial charge >= 0.3 is 0 Å². The van der Waals surface area contributed by atoms with Gasteiger partial charge in [0.2, 0.25) is 0 Å². The fourth-order valence-electron chi connectivity index (χ4n) is 12.5. The number of pyridine rings is 1. The second-order valence-electron chi connectivity index (χ2n) is 21.7. The van der Waals surface area contributed by atoms with Gasteiger partial charge in [0.1, 0.15) is 29.8 Å². The molecule has 0 bridgehead atoms. The number of anilines is 5. The Balaban J connectivity index is 0.883. The third-order valence-electron chi connectivity index (χ3n) is 16.1. The fourth-order valence-corrected chi connectivity index (χ4v) is 12.5. The lowest BCUT2D eigenvalue weighted by Crippen LogP contribution is -2.24. The lowest BCUT2D eigenvalue weighted by Gasteiger charge is -2.27. The number of para-hydroxylation sites is 4. The van der Waals surface area contributed by atoms with Gasteiger partial charge < -0.3 is 19.4 Å². The Morgan fingerprint density at radius 1 is 0.500 bits per heavy atom. The van der Waals surface area contributed by atoms with E-state index in [1.807, 2.05) is 6.20 Å². The van der Waals surface area contributed by atoms with Crippen LogP contribution in [-0.2, 0) is 5.41 Å². The molecule has 0 fully saturated rings. The van der Waals surface area contributed by atoms with Gasteiger partial charge in [-0.25, -0.2) is 4.98 Å². The molecule has 3 aliphatic heterocycles. The van der Waals surface area contributed by atoms with Crippen molar-refractivity contribution in [2.75, 3.05) is 28.4 Å². The zero-order valence-corrected chi connectivity index (χ0v) is 43.9. The van der Waals surface area contributed by atoms with E-state index in [4.69, 9.17) is 9.72 Å². The van der Waals surface area contributed by atoms with Crippen LogP contribution >= 0.6 is 0 Å². The SMILES string of the molecule is CN1C=CC=Cc2c1n1c3c(cccc23)-c2ccccc2-c2c-1ccc1c2c2ccc(Oc3cccc(N4CN(c5c(-c6ccccc6)cccc5-c5ccccc5)c5ccccc54)c3)cc2n1-c1cc(C(C)(C)C)ccn1. The molecule has 0 atom stereocenters. The number of rotatable bonds is 7. The summed E-state index contributed by atoms with van der Waals surface area (Å²) in [5, 5.41) is 3.51. The molecule has 7 heteroatoms. The molecular formula is C71H54N6O. The van der Waals surface area contributed by atoms with Crippen molar-refractivity contribution in [2.24, 2.45) is 0 Å². The van der Waals surface area contributed by atoms with Gasteiger partial charge in [0.05, 0.1) is 39.3 Å². The molecule has 0 radical (unpaired) electrons. The zero-order valence-electron chi connectivity index (χ0n) is 43.9. The largest absolute Gasteiger partial charge is 0.457 e. The van der Waals surface area contributed by atoms with Crippen LogP contribution in [0, 0.1) is 0 Å². The van der Waals surface area contributed by atoms with Gasteiger partial charge in [0, 0.05) is 81.2 Å². The van der Waals surface area contributed by atoms with Crippen LogP contribution in [0.2, 0.25) is 0 Å². The maximum Gasteiger partial charge on any atom is 0.137 e. The van der Waals surface area contributed by atoms with E-state index in [1.54, 1.807) is 0 Å². The standard InChI is InChI=1S/C71H54N6O/c1-71(2,3)48-39-40-72-65(42-48)76-62-37-38-63-66(55-27-12-11-26-54(55)56-31-19-32-57-58-28-15-16-41-73(4)70(58)77(63)69(56)57)67(62)59-36-35-51(44-64(59)76)78-50-25-17-24-49(43-50)74-45-75(61-34-14-13-33-60(61)74)68-52(46-20-7-5-8-21-46)29-18-30-53(68)47-22-9-6-10-23-47/h5-44H,45H2,1-4H3. The van der Waals surface area contributed by atoms with Crippen LogP contribution < -0.4 is 19.4 Å². The molecule has 0 amide bonds. The van der Waals surface area contributed by atoms with Gasteiger partial charge in [-0.1, -0.05) is 172 Å². The summed E-state index contributed by atoms with van der Waals surface area (Å²) >= 11 is 0. The summed E-state index contributed by atoms with van der Waals surface area (Å²) in [6.07, 6.45) is 10.6. The molecule has 3 aromatic heterocycles. The Kier molecular flexibility index (Phi) is 10.3. The fraction of sp³-hybridized carbons (Fsp3) is 0.0845. The van der Waals surface area contributed by atoms with Crippen molar-refractivity contribution in [3.63, 3.8) is 0 Å². The molecule has 374 valence electrons. The molecule has 0 saturated heterocycles. The van der Waals surface area contributed by atoms with Crippen LogP contribution in [0.25, 0.3) is 94.8 Å². The Hall–Kier alpha value is -9.85. The molecule has 15 rings (SSSR count). The Bertz CT molecular complexity index is 4400. The van der Waals surface area contributed by atoms with E-state index in [0.717, 1.165) is 62.3 Å². The summed E-state index contributed by atoms with van der Waals surface area (Å²) in [6, 6.07) is 76.8. The highest BCUT2D eigenvalue weighted by atomic mass is 16.5. The number of ether oxygens (including phenoxy) is 1. The van der Waals surface area contributed by atoms with Crippen molar-refractivity contribution >= 4 is 67.4 Å². The normalized spacial score (nSPS) is 13.4. The van der Waals surface area contributed by atoms with E-state index in [0.29, 0.717) is 6.67 Å². The highest BCUT2D eigenvalue weighted by Gasteiger charge is 2.33. The molecule has 12 aromatic rings. The lowest BCUT2D eigenvalue weighted by molar-refractivity contribution is 0.483. The maximum absolute atomic E-state index is 7.05. The topological polar surface area (TPSA) is 41.7 Å². The summed E-state index contributed by atoms with van der Waals surface area (Å²) in [5.74, 6) is 3.48. The first kappa shape index (κ1) is 45.5. The summed E-state index contributed by atoms with van der Waals surface area (Å²) in [4.78, 5) is 12.3. The van der Waals surface area contributed by atoms with Crippen LogP contribution in [0.5, 0.6) is 11.5 Å². The van der Waals surface area contributed by atoms with Crippen molar-refractivity contribution in [2.45, 2.75) is 26.2 Å². The molecule has 0 unspecified atom stereocenters. The van der Waals surface area contributed by atoms with Crippen LogP contribution in [-0.4, -0.2) is 27.8 Å². The van der Waals surface area contributed by atoms with Gasteiger partial charge in [-0.2, -0.15) is 0 Å². The Morgan fingerprint density at radius 3 is 1.94 bits per heavy atom. The van der Waals surface area contributed by atoms with E-state index in [9.17, 15) is 0 Å². The number of aromatic nitrogens is 3. The summed E-state index contributed by atoms with van der Waals surface area (Å²) in [7, 11) is 2.16. The minimum absolute atomic E-state index is 0.0909. The average Bonchev–Trinajstić information content (AvgIpc) is 4.06. The summed E-state index contributed by atoms with van der Waals surface area (Å²) < 4.78 is 11.9. The van der Waals surface area contributed by atoms with Gasteiger partial charge in [-0.05, 0) is 100.0 Å². The van der Waals surface area contributed by atoms with Crippen molar-refractivity contribution < 1.29 is 4.74 Å². The van der Waals surface area contributed by atoms with Crippen LogP contribution in [0.15, 0.2) is 237 Å². The first-order chi connectivity index (χ1) is 38.3. The molecule has 78 heavy (non-hydrogen) atoms. The molecule has 6 heterocycles. The van der Waals surface area contributed by atoms with Gasteiger partial charge in [0.15, 0.2) is 0 Å². The highest BCUT2D eigenvalue weighted by molar-refractivity contribution is 6.21. The van der Waals surface area contributed by atoms with Gasteiger partial charge in [0.25, 0.3) is 0 Å². The maximum atomic E-state index is 7.05. The van der Waals surface area contributed by atoms with Crippen LogP contribution in [0.3, 0.4) is 0 Å². The monoisotopic (exact) mass is 1010 g/mol. The second kappa shape index (κ2) is 17.6. The predicted octanol–water partition coefficient (Wildman–Crippen LogP) is 18.4. The van der Waals surface area contributed by atoms with Gasteiger partial charge in [-0.3, -0.25) is 9.13 Å². The minimum Gasteiger partial charge on any atom is -0.457 e. The number of allylic oxidation sites excluding steroid dienone is 2. The van der Waals surface area contributed by atoms with Crippen LogP contribution in [0.1, 0.15) is 31.9 Å². The van der Waals surface area contributed by atoms with E-state index in [1.165, 1.54) is 77.6 Å². The number of benzene rings is 9. The quantitative estimate of drug-likeness (QED) is 0.159. The zero-order chi connectivity index (χ0) is 52.2. The molecular weight excluding hydrogens is 953 g/mol. The van der Waals surface area contributed by atoms with E-state index >= 15 is 0 Å². The first-order valence-electron chi connectivity index (χ1n) is 26.9. The number of hydrogen-bond donors (Lipinski definition) is 0. The summed E-state index contributed by atoms with van der Waals surface area (Å²) in [6.45, 7) is 7.40. The van der Waals surface area contributed by atoms with Crippen LogP contribution in [0.4, 0.5) is 28.6 Å². The molecule has 3 aliphatic rings. The molecule has 0 saturated carbocycles. The third kappa shape index (κ3) is 7.08. The summed E-state index contributed by atoms with van der Waals surface area (Å²) in [5.41, 5.74) is 20.8. The second-order valence-corrected chi connectivity index (χ2v) is 21.7. The molecule has 0 aliphatic carbocycles. The van der Waals surface area contributed by atoms with Crippen molar-refractivity contribution in [3.05, 3.63) is 248 Å². The number of fused-ring (bicyclic) bond motifs is 13. The van der Waals surface area contributed by atoms with E-state index in [-0.39, 0.29) is 5.41 Å². The Labute approximate surface area is 454 Å². The molecule has 0 spiro atoms. The first-order valence-corrected chi connectivity index (χ1v) is 26.9. The molecule has 9 aromatic carbocycles.